The molecule has 2 atom stereocenters. The summed E-state index contributed by atoms with van der Waals surface area (Å²) in [6, 6.07) is 9.38. The highest BCUT2D eigenvalue weighted by atomic mass is 16.5. The quantitative estimate of drug-likeness (QED) is 0.855. The van der Waals surface area contributed by atoms with E-state index in [0.717, 1.165) is 11.5 Å². The lowest BCUT2D eigenvalue weighted by atomic mass is 9.98. The zero-order chi connectivity index (χ0) is 15.6. The molecule has 3 heteroatoms. The number of hydrogen-bond donors (Lipinski definition) is 1. The Morgan fingerprint density at radius 3 is 1.95 bits per heavy atom. The number of rotatable bonds is 5. The summed E-state index contributed by atoms with van der Waals surface area (Å²) in [6.45, 7) is 12.7. The number of aromatic nitrogens is 1. The Kier molecular flexibility index (Phi) is 4.84. The second-order valence-corrected chi connectivity index (χ2v) is 6.17. The van der Waals surface area contributed by atoms with Crippen molar-refractivity contribution in [2.45, 2.75) is 59.5 Å². The van der Waals surface area contributed by atoms with E-state index in [1.807, 2.05) is 13.8 Å². The molecule has 2 rings (SSSR count). The highest BCUT2D eigenvalue weighted by molar-refractivity contribution is 5.28. The second-order valence-electron chi connectivity index (χ2n) is 6.17. The predicted octanol–water partition coefficient (Wildman–Crippen LogP) is 4.83. The highest BCUT2D eigenvalue weighted by Crippen LogP contribution is 2.25. The van der Waals surface area contributed by atoms with Gasteiger partial charge in [-0.25, -0.2) is 0 Å². The van der Waals surface area contributed by atoms with Gasteiger partial charge in [-0.15, -0.1) is 0 Å². The molecule has 0 spiro atoms. The first-order chi connectivity index (χ1) is 9.90. The Hall–Kier alpha value is -1.61. The Labute approximate surface area is 127 Å². The van der Waals surface area contributed by atoms with Crippen LogP contribution in [0.2, 0.25) is 0 Å². The first-order valence-electron chi connectivity index (χ1n) is 7.68. The lowest BCUT2D eigenvalue weighted by Crippen LogP contribution is -2.23. The zero-order valence-electron chi connectivity index (χ0n) is 13.9. The van der Waals surface area contributed by atoms with Crippen LogP contribution in [0.25, 0.3) is 0 Å². The number of benzene rings is 1. The van der Waals surface area contributed by atoms with Crippen molar-refractivity contribution in [1.29, 1.82) is 0 Å². The molecule has 0 amide bonds. The molecular formula is C18H26N2O. The summed E-state index contributed by atoms with van der Waals surface area (Å²) in [5.74, 6) is 1.47. The molecule has 2 aromatic rings. The van der Waals surface area contributed by atoms with Gasteiger partial charge < -0.3 is 9.84 Å². The summed E-state index contributed by atoms with van der Waals surface area (Å²) in [4.78, 5) is 0. The molecule has 0 aliphatic carbocycles. The Balaban J connectivity index is 2.09. The van der Waals surface area contributed by atoms with E-state index in [-0.39, 0.29) is 12.1 Å². The van der Waals surface area contributed by atoms with E-state index in [2.05, 4.69) is 62.4 Å². The van der Waals surface area contributed by atoms with E-state index in [0.29, 0.717) is 5.92 Å². The molecule has 2 unspecified atom stereocenters. The maximum absolute atomic E-state index is 5.26. The Morgan fingerprint density at radius 2 is 1.48 bits per heavy atom. The molecule has 0 radical (unpaired) electrons. The second kappa shape index (κ2) is 6.44. The fourth-order valence-corrected chi connectivity index (χ4v) is 2.83. The Bertz CT molecular complexity index is 564. The summed E-state index contributed by atoms with van der Waals surface area (Å²) in [6.07, 6.45) is 0. The molecule has 0 saturated heterocycles. The molecule has 0 bridgehead atoms. The van der Waals surface area contributed by atoms with Crippen molar-refractivity contribution >= 4 is 0 Å². The number of aryl methyl sites for hydroxylation is 2. The van der Waals surface area contributed by atoms with E-state index in [1.54, 1.807) is 0 Å². The highest BCUT2D eigenvalue weighted by Gasteiger charge is 2.18. The van der Waals surface area contributed by atoms with Crippen LogP contribution in [0.5, 0.6) is 0 Å². The first-order valence-corrected chi connectivity index (χ1v) is 7.68. The van der Waals surface area contributed by atoms with Crippen LogP contribution in [0.3, 0.4) is 0 Å². The van der Waals surface area contributed by atoms with E-state index in [1.165, 1.54) is 16.7 Å². The summed E-state index contributed by atoms with van der Waals surface area (Å²) >= 11 is 0. The summed E-state index contributed by atoms with van der Waals surface area (Å²) in [5.41, 5.74) is 4.82. The van der Waals surface area contributed by atoms with Crippen LogP contribution < -0.4 is 5.32 Å². The van der Waals surface area contributed by atoms with Crippen molar-refractivity contribution in [2.24, 2.45) is 0 Å². The molecule has 0 aliphatic heterocycles. The third-order valence-corrected chi connectivity index (χ3v) is 4.12. The van der Waals surface area contributed by atoms with Crippen molar-refractivity contribution in [2.75, 3.05) is 0 Å². The van der Waals surface area contributed by atoms with Gasteiger partial charge in [-0.1, -0.05) is 43.3 Å². The maximum Gasteiger partial charge on any atom is 0.138 e. The normalized spacial score (nSPS) is 14.4. The van der Waals surface area contributed by atoms with Gasteiger partial charge in [0.15, 0.2) is 0 Å². The lowest BCUT2D eigenvalue weighted by Gasteiger charge is -2.21. The van der Waals surface area contributed by atoms with Crippen LogP contribution in [-0.4, -0.2) is 5.16 Å². The van der Waals surface area contributed by atoms with Crippen molar-refractivity contribution in [3.05, 3.63) is 52.4 Å². The zero-order valence-corrected chi connectivity index (χ0v) is 13.9. The van der Waals surface area contributed by atoms with Crippen molar-refractivity contribution < 1.29 is 4.52 Å². The minimum atomic E-state index is 0.219. The van der Waals surface area contributed by atoms with E-state index >= 15 is 0 Å². The molecule has 0 fully saturated rings. The average Bonchev–Trinajstić information content (AvgIpc) is 2.78. The topological polar surface area (TPSA) is 38.1 Å². The van der Waals surface area contributed by atoms with E-state index in [4.69, 9.17) is 4.52 Å². The summed E-state index contributed by atoms with van der Waals surface area (Å²) in [5, 5.41) is 7.66. The molecule has 21 heavy (non-hydrogen) atoms. The average molecular weight is 286 g/mol. The fraction of sp³-hybridized carbons (Fsp3) is 0.500. The summed E-state index contributed by atoms with van der Waals surface area (Å²) < 4.78 is 5.26. The van der Waals surface area contributed by atoms with Gasteiger partial charge >= 0.3 is 0 Å². The molecule has 3 nitrogen and oxygen atoms in total. The van der Waals surface area contributed by atoms with E-state index < -0.39 is 0 Å². The van der Waals surface area contributed by atoms with Crippen molar-refractivity contribution in [3.63, 3.8) is 0 Å². The van der Waals surface area contributed by atoms with Crippen LogP contribution in [0.15, 0.2) is 28.8 Å². The summed E-state index contributed by atoms with van der Waals surface area (Å²) in [7, 11) is 0. The monoisotopic (exact) mass is 286 g/mol. The van der Waals surface area contributed by atoms with Gasteiger partial charge in [-0.05, 0) is 44.7 Å². The van der Waals surface area contributed by atoms with Gasteiger partial charge in [-0.2, -0.15) is 0 Å². The van der Waals surface area contributed by atoms with E-state index in [9.17, 15) is 0 Å². The molecule has 0 saturated carbocycles. The van der Waals surface area contributed by atoms with Gasteiger partial charge in [0, 0.05) is 17.6 Å². The molecule has 1 aromatic heterocycles. The third-order valence-electron chi connectivity index (χ3n) is 4.12. The molecule has 1 heterocycles. The van der Waals surface area contributed by atoms with Crippen LogP contribution >= 0.6 is 0 Å². The third kappa shape index (κ3) is 3.53. The van der Waals surface area contributed by atoms with Crippen molar-refractivity contribution in [3.8, 4) is 0 Å². The van der Waals surface area contributed by atoms with Crippen molar-refractivity contribution in [1.82, 2.24) is 10.5 Å². The smallest absolute Gasteiger partial charge is 0.138 e. The Morgan fingerprint density at radius 1 is 0.905 bits per heavy atom. The predicted molar refractivity (Wildman–Crippen MR) is 86.5 cm³/mol. The molecule has 1 aromatic carbocycles. The molecule has 1 N–H and O–H groups in total. The number of nitrogens with zero attached hydrogens (tertiary/aromatic N) is 1. The SMILES string of the molecule is Cc1noc(C)c1C(C)NC(C)c1ccc(C(C)C)cc1. The van der Waals surface area contributed by atoms with Gasteiger partial charge in [0.1, 0.15) is 5.76 Å². The minimum Gasteiger partial charge on any atom is -0.361 e. The van der Waals surface area contributed by atoms with Crippen LogP contribution in [-0.2, 0) is 0 Å². The largest absolute Gasteiger partial charge is 0.361 e. The molecular weight excluding hydrogens is 260 g/mol. The van der Waals surface area contributed by atoms with Gasteiger partial charge in [0.2, 0.25) is 0 Å². The first kappa shape index (κ1) is 15.8. The van der Waals surface area contributed by atoms with Gasteiger partial charge in [0.25, 0.3) is 0 Å². The maximum atomic E-state index is 5.26. The van der Waals surface area contributed by atoms with Crippen LogP contribution in [0.4, 0.5) is 0 Å². The van der Waals surface area contributed by atoms with Gasteiger partial charge in [0.05, 0.1) is 5.69 Å². The van der Waals surface area contributed by atoms with Gasteiger partial charge in [-0.3, -0.25) is 0 Å². The number of nitrogens with one attached hydrogen (secondary N) is 1. The fourth-order valence-electron chi connectivity index (χ4n) is 2.83. The molecule has 0 aliphatic rings. The standard InChI is InChI=1S/C18H26N2O/c1-11(2)16-7-9-17(10-8-16)12(3)19-13(4)18-14(5)20-21-15(18)6/h7-13,19H,1-6H3. The number of hydrogen-bond acceptors (Lipinski definition) is 3. The van der Waals surface area contributed by atoms with Crippen LogP contribution in [0, 0.1) is 13.8 Å². The van der Waals surface area contributed by atoms with Crippen LogP contribution in [0.1, 0.15) is 73.8 Å². The molecule has 114 valence electrons. The lowest BCUT2D eigenvalue weighted by molar-refractivity contribution is 0.389. The minimum absolute atomic E-state index is 0.219.